The molecule has 0 amide bonds. The van der Waals surface area contributed by atoms with E-state index in [9.17, 15) is 0 Å². The molecule has 3 rings (SSSR count). The lowest BCUT2D eigenvalue weighted by Crippen LogP contribution is -2.22. The van der Waals surface area contributed by atoms with Gasteiger partial charge in [0.15, 0.2) is 0 Å². The highest BCUT2D eigenvalue weighted by atomic mass is 32.1. The second kappa shape index (κ2) is 7.15. The third kappa shape index (κ3) is 4.13. The zero-order chi connectivity index (χ0) is 15.2. The van der Waals surface area contributed by atoms with Crippen LogP contribution in [0.5, 0.6) is 0 Å². The zero-order valence-corrected chi connectivity index (χ0v) is 13.0. The number of nitrogens with two attached hydrogens (primary N) is 1. The van der Waals surface area contributed by atoms with Gasteiger partial charge in [0, 0.05) is 13.1 Å². The molecule has 2 N–H and O–H groups in total. The van der Waals surface area contributed by atoms with Gasteiger partial charge in [-0.05, 0) is 11.1 Å². The van der Waals surface area contributed by atoms with Crippen LogP contribution in [0.2, 0.25) is 0 Å². The van der Waals surface area contributed by atoms with Gasteiger partial charge in [0.2, 0.25) is 5.13 Å². The first-order valence-corrected chi connectivity index (χ1v) is 7.99. The highest BCUT2D eigenvalue weighted by Crippen LogP contribution is 2.17. The summed E-state index contributed by atoms with van der Waals surface area (Å²) in [4.78, 5) is 2.35. The third-order valence-electron chi connectivity index (χ3n) is 3.34. The fourth-order valence-electron chi connectivity index (χ4n) is 2.37. The molecule has 0 atom stereocenters. The molecule has 22 heavy (non-hydrogen) atoms. The summed E-state index contributed by atoms with van der Waals surface area (Å²) in [6.07, 6.45) is 0. The summed E-state index contributed by atoms with van der Waals surface area (Å²) in [6, 6.07) is 20.9. The maximum absolute atomic E-state index is 5.69. The summed E-state index contributed by atoms with van der Waals surface area (Å²) in [5.74, 6) is 0. The van der Waals surface area contributed by atoms with Crippen molar-refractivity contribution in [2.45, 2.75) is 19.6 Å². The largest absolute Gasteiger partial charge is 0.374 e. The van der Waals surface area contributed by atoms with Crippen LogP contribution in [-0.2, 0) is 19.6 Å². The van der Waals surface area contributed by atoms with Crippen molar-refractivity contribution in [1.82, 2.24) is 15.1 Å². The van der Waals surface area contributed by atoms with E-state index in [0.29, 0.717) is 5.13 Å². The van der Waals surface area contributed by atoms with Gasteiger partial charge < -0.3 is 5.73 Å². The van der Waals surface area contributed by atoms with E-state index in [-0.39, 0.29) is 0 Å². The Hall–Kier alpha value is -2.24. The summed E-state index contributed by atoms with van der Waals surface area (Å²) in [7, 11) is 0. The van der Waals surface area contributed by atoms with Crippen LogP contribution in [-0.4, -0.2) is 15.1 Å². The first-order valence-electron chi connectivity index (χ1n) is 7.17. The van der Waals surface area contributed by atoms with Gasteiger partial charge in [-0.1, -0.05) is 72.0 Å². The Bertz CT molecular complexity index is 655. The maximum atomic E-state index is 5.69. The normalized spacial score (nSPS) is 11.0. The Morgan fingerprint density at radius 1 is 0.773 bits per heavy atom. The van der Waals surface area contributed by atoms with Crippen molar-refractivity contribution in [2.75, 3.05) is 5.73 Å². The van der Waals surface area contributed by atoms with Crippen LogP contribution in [0.3, 0.4) is 0 Å². The number of benzene rings is 2. The van der Waals surface area contributed by atoms with Crippen molar-refractivity contribution >= 4 is 16.5 Å². The first kappa shape index (κ1) is 14.7. The second-order valence-corrected chi connectivity index (χ2v) is 6.24. The first-order chi connectivity index (χ1) is 10.8. The molecule has 3 aromatic rings. The van der Waals surface area contributed by atoms with Crippen molar-refractivity contribution in [3.05, 3.63) is 76.8 Å². The Labute approximate surface area is 134 Å². The number of aromatic nitrogens is 2. The highest BCUT2D eigenvalue weighted by molar-refractivity contribution is 7.15. The van der Waals surface area contributed by atoms with Gasteiger partial charge >= 0.3 is 0 Å². The van der Waals surface area contributed by atoms with Crippen molar-refractivity contribution in [3.63, 3.8) is 0 Å². The van der Waals surface area contributed by atoms with Gasteiger partial charge in [-0.15, -0.1) is 10.2 Å². The van der Waals surface area contributed by atoms with Gasteiger partial charge in [-0.25, -0.2) is 0 Å². The van der Waals surface area contributed by atoms with Crippen molar-refractivity contribution in [2.24, 2.45) is 0 Å². The summed E-state index contributed by atoms with van der Waals surface area (Å²) in [6.45, 7) is 2.49. The molecule has 0 aliphatic rings. The van der Waals surface area contributed by atoms with E-state index in [1.54, 1.807) is 0 Å². The van der Waals surface area contributed by atoms with Crippen LogP contribution >= 0.6 is 11.3 Å². The molecule has 1 heterocycles. The monoisotopic (exact) mass is 310 g/mol. The quantitative estimate of drug-likeness (QED) is 0.759. The standard InChI is InChI=1S/C17H18N4S/c18-17-20-19-16(22-17)13-21(11-14-7-3-1-4-8-14)12-15-9-5-2-6-10-15/h1-10H,11-13H2,(H2,18,20). The van der Waals surface area contributed by atoms with Crippen LogP contribution < -0.4 is 5.73 Å². The lowest BCUT2D eigenvalue weighted by Gasteiger charge is -2.21. The van der Waals surface area contributed by atoms with E-state index >= 15 is 0 Å². The van der Waals surface area contributed by atoms with Gasteiger partial charge in [-0.3, -0.25) is 4.90 Å². The number of nitrogen functional groups attached to an aromatic ring is 1. The van der Waals surface area contributed by atoms with Crippen molar-refractivity contribution < 1.29 is 0 Å². The molecular weight excluding hydrogens is 292 g/mol. The number of rotatable bonds is 6. The van der Waals surface area contributed by atoms with E-state index in [2.05, 4.69) is 63.6 Å². The van der Waals surface area contributed by atoms with E-state index in [1.807, 2.05) is 12.1 Å². The van der Waals surface area contributed by atoms with Crippen LogP contribution in [0, 0.1) is 0 Å². The number of hydrogen-bond acceptors (Lipinski definition) is 5. The molecule has 4 nitrogen and oxygen atoms in total. The molecule has 0 fully saturated rings. The zero-order valence-electron chi connectivity index (χ0n) is 12.2. The lowest BCUT2D eigenvalue weighted by molar-refractivity contribution is 0.247. The number of anilines is 1. The molecule has 0 bridgehead atoms. The molecule has 0 aliphatic carbocycles. The summed E-state index contributed by atoms with van der Waals surface area (Å²) < 4.78 is 0. The Morgan fingerprint density at radius 2 is 1.32 bits per heavy atom. The maximum Gasteiger partial charge on any atom is 0.203 e. The SMILES string of the molecule is Nc1nnc(CN(Cc2ccccc2)Cc2ccccc2)s1. The van der Waals surface area contributed by atoms with E-state index in [0.717, 1.165) is 24.6 Å². The van der Waals surface area contributed by atoms with Gasteiger partial charge in [0.05, 0.1) is 6.54 Å². The molecule has 0 spiro atoms. The molecule has 112 valence electrons. The smallest absolute Gasteiger partial charge is 0.203 e. The molecule has 0 aliphatic heterocycles. The summed E-state index contributed by atoms with van der Waals surface area (Å²) in [5.41, 5.74) is 8.26. The fourth-order valence-corrected chi connectivity index (χ4v) is 3.02. The minimum absolute atomic E-state index is 0.523. The molecule has 1 aromatic heterocycles. The fraction of sp³-hybridized carbons (Fsp3) is 0.176. The van der Waals surface area contributed by atoms with Gasteiger partial charge in [0.25, 0.3) is 0 Å². The van der Waals surface area contributed by atoms with Gasteiger partial charge in [0.1, 0.15) is 5.01 Å². The number of nitrogens with zero attached hydrogens (tertiary/aromatic N) is 3. The summed E-state index contributed by atoms with van der Waals surface area (Å²) in [5, 5.41) is 9.52. The van der Waals surface area contributed by atoms with Crippen molar-refractivity contribution in [3.8, 4) is 0 Å². The van der Waals surface area contributed by atoms with Gasteiger partial charge in [-0.2, -0.15) is 0 Å². The molecular formula is C17H18N4S. The third-order valence-corrected chi connectivity index (χ3v) is 4.08. The average Bonchev–Trinajstić information content (AvgIpc) is 2.94. The van der Waals surface area contributed by atoms with Crippen LogP contribution in [0.1, 0.15) is 16.1 Å². The Morgan fingerprint density at radius 3 is 1.77 bits per heavy atom. The summed E-state index contributed by atoms with van der Waals surface area (Å²) >= 11 is 1.45. The molecule has 0 saturated carbocycles. The highest BCUT2D eigenvalue weighted by Gasteiger charge is 2.11. The van der Waals surface area contributed by atoms with E-state index in [4.69, 9.17) is 5.73 Å². The molecule has 0 saturated heterocycles. The second-order valence-electron chi connectivity index (χ2n) is 5.15. The van der Waals surface area contributed by atoms with Crippen LogP contribution in [0.25, 0.3) is 0 Å². The molecule has 2 aromatic carbocycles. The topological polar surface area (TPSA) is 55.0 Å². The minimum Gasteiger partial charge on any atom is -0.374 e. The Balaban J connectivity index is 1.75. The predicted octanol–water partition coefficient (Wildman–Crippen LogP) is 3.32. The predicted molar refractivity (Wildman–Crippen MR) is 90.2 cm³/mol. The van der Waals surface area contributed by atoms with Crippen LogP contribution in [0.4, 0.5) is 5.13 Å². The molecule has 5 heteroatoms. The Kier molecular flexibility index (Phi) is 4.78. The molecule has 0 unspecified atom stereocenters. The van der Waals surface area contributed by atoms with Crippen molar-refractivity contribution in [1.29, 1.82) is 0 Å². The minimum atomic E-state index is 0.523. The van der Waals surface area contributed by atoms with Crippen LogP contribution in [0.15, 0.2) is 60.7 Å². The number of hydrogen-bond donors (Lipinski definition) is 1. The molecule has 0 radical (unpaired) electrons. The van der Waals surface area contributed by atoms with E-state index < -0.39 is 0 Å². The average molecular weight is 310 g/mol. The lowest BCUT2D eigenvalue weighted by atomic mass is 10.1. The van der Waals surface area contributed by atoms with E-state index in [1.165, 1.54) is 22.5 Å².